The number of pyridine rings is 1. The Morgan fingerprint density at radius 3 is 2.64 bits per heavy atom. The van der Waals surface area contributed by atoms with Crippen LogP contribution in [0.15, 0.2) is 36.8 Å². The topological polar surface area (TPSA) is 84.3 Å². The van der Waals surface area contributed by atoms with E-state index >= 15 is 0 Å². The molecule has 8 heteroatoms. The fraction of sp³-hybridized carbons (Fsp3) is 0.550. The van der Waals surface area contributed by atoms with Gasteiger partial charge in [0.25, 0.3) is 0 Å². The third-order valence-corrected chi connectivity index (χ3v) is 5.32. The van der Waals surface area contributed by atoms with Crippen LogP contribution in [0, 0.1) is 5.92 Å². The van der Waals surface area contributed by atoms with Crippen LogP contribution in [0.25, 0.3) is 5.82 Å². The standard InChI is InChI=1S/C20H30N6O2/c1-3-16(4-2)18(25-10-12-28-13-11-25)15-22-20(27)24-17-6-7-19(21-14-17)26-9-5-8-23-26/h5-9,14,16,18H,3-4,10-13,15H2,1-2H3,(H2,22,24,27). The van der Waals surface area contributed by atoms with Gasteiger partial charge in [0.2, 0.25) is 0 Å². The average molecular weight is 387 g/mol. The normalized spacial score (nSPS) is 16.1. The van der Waals surface area contributed by atoms with Crippen molar-refractivity contribution in [3.8, 4) is 5.82 Å². The highest BCUT2D eigenvalue weighted by Gasteiger charge is 2.27. The molecule has 3 heterocycles. The molecule has 2 N–H and O–H groups in total. The lowest BCUT2D eigenvalue weighted by Crippen LogP contribution is -2.52. The summed E-state index contributed by atoms with van der Waals surface area (Å²) in [6.07, 6.45) is 7.36. The van der Waals surface area contributed by atoms with Crippen molar-refractivity contribution in [2.45, 2.75) is 32.7 Å². The molecule has 0 aliphatic carbocycles. The summed E-state index contributed by atoms with van der Waals surface area (Å²) in [5.41, 5.74) is 0.652. The lowest BCUT2D eigenvalue weighted by Gasteiger charge is -2.38. The maximum absolute atomic E-state index is 12.4. The summed E-state index contributed by atoms with van der Waals surface area (Å²) in [7, 11) is 0. The number of urea groups is 1. The van der Waals surface area contributed by atoms with E-state index in [9.17, 15) is 4.79 Å². The average Bonchev–Trinajstić information content (AvgIpc) is 3.27. The largest absolute Gasteiger partial charge is 0.379 e. The first-order valence-corrected chi connectivity index (χ1v) is 10.0. The minimum atomic E-state index is -0.210. The molecule has 2 aromatic rings. The molecule has 0 radical (unpaired) electrons. The number of hydrogen-bond donors (Lipinski definition) is 2. The predicted octanol–water partition coefficient (Wildman–Crippen LogP) is 2.53. The molecule has 1 aliphatic heterocycles. The van der Waals surface area contributed by atoms with Crippen LogP contribution in [-0.2, 0) is 4.74 Å². The third-order valence-electron chi connectivity index (χ3n) is 5.32. The van der Waals surface area contributed by atoms with Crippen LogP contribution in [0.5, 0.6) is 0 Å². The first kappa shape index (κ1) is 20.3. The van der Waals surface area contributed by atoms with Crippen LogP contribution in [0.1, 0.15) is 26.7 Å². The van der Waals surface area contributed by atoms with Crippen LogP contribution >= 0.6 is 0 Å². The summed E-state index contributed by atoms with van der Waals surface area (Å²) in [5, 5.41) is 10.0. The van der Waals surface area contributed by atoms with Gasteiger partial charge in [0.1, 0.15) is 0 Å². The second-order valence-electron chi connectivity index (χ2n) is 6.98. The van der Waals surface area contributed by atoms with Gasteiger partial charge < -0.3 is 15.4 Å². The molecule has 152 valence electrons. The Balaban J connectivity index is 1.55. The maximum atomic E-state index is 12.4. The molecule has 8 nitrogen and oxygen atoms in total. The van der Waals surface area contributed by atoms with E-state index in [1.54, 1.807) is 17.1 Å². The zero-order valence-corrected chi connectivity index (χ0v) is 16.7. The monoisotopic (exact) mass is 386 g/mol. The molecule has 0 bridgehead atoms. The highest BCUT2D eigenvalue weighted by atomic mass is 16.5. The zero-order valence-electron chi connectivity index (χ0n) is 16.7. The fourth-order valence-electron chi connectivity index (χ4n) is 3.71. The predicted molar refractivity (Wildman–Crippen MR) is 109 cm³/mol. The Morgan fingerprint density at radius 1 is 1.25 bits per heavy atom. The summed E-state index contributed by atoms with van der Waals surface area (Å²) in [4.78, 5) is 19.2. The van der Waals surface area contributed by atoms with E-state index in [0.717, 1.165) is 39.1 Å². The molecule has 1 unspecified atom stereocenters. The van der Waals surface area contributed by atoms with Gasteiger partial charge >= 0.3 is 6.03 Å². The molecular weight excluding hydrogens is 356 g/mol. The van der Waals surface area contributed by atoms with Crippen LogP contribution in [0.4, 0.5) is 10.5 Å². The van der Waals surface area contributed by atoms with E-state index in [2.05, 4.69) is 39.5 Å². The second-order valence-corrected chi connectivity index (χ2v) is 6.98. The van der Waals surface area contributed by atoms with Crippen molar-refractivity contribution in [1.29, 1.82) is 0 Å². The number of hydrogen-bond acceptors (Lipinski definition) is 5. The number of carbonyl (C=O) groups is 1. The van der Waals surface area contributed by atoms with Crippen molar-refractivity contribution in [1.82, 2.24) is 25.0 Å². The van der Waals surface area contributed by atoms with Gasteiger partial charge in [-0.05, 0) is 24.1 Å². The van der Waals surface area contributed by atoms with E-state index in [0.29, 0.717) is 30.0 Å². The minimum absolute atomic E-state index is 0.210. The summed E-state index contributed by atoms with van der Waals surface area (Å²) < 4.78 is 7.16. The van der Waals surface area contributed by atoms with Gasteiger partial charge in [-0.15, -0.1) is 0 Å². The highest BCUT2D eigenvalue weighted by molar-refractivity contribution is 5.89. The van der Waals surface area contributed by atoms with Crippen molar-refractivity contribution in [2.75, 3.05) is 38.2 Å². The van der Waals surface area contributed by atoms with Crippen molar-refractivity contribution in [2.24, 2.45) is 5.92 Å². The van der Waals surface area contributed by atoms with E-state index in [-0.39, 0.29) is 6.03 Å². The number of morpholine rings is 1. The Labute approximate surface area is 166 Å². The zero-order chi connectivity index (χ0) is 19.8. The Kier molecular flexibility index (Phi) is 7.39. The van der Waals surface area contributed by atoms with Gasteiger partial charge in [-0.25, -0.2) is 14.5 Å². The second kappa shape index (κ2) is 10.2. The minimum Gasteiger partial charge on any atom is -0.379 e. The van der Waals surface area contributed by atoms with Crippen LogP contribution in [0.2, 0.25) is 0 Å². The molecule has 0 spiro atoms. The molecule has 1 saturated heterocycles. The molecule has 3 rings (SSSR count). The first-order chi connectivity index (χ1) is 13.7. The lowest BCUT2D eigenvalue weighted by molar-refractivity contribution is 0.00247. The number of nitrogens with zero attached hydrogens (tertiary/aromatic N) is 4. The van der Waals surface area contributed by atoms with Gasteiger partial charge in [0, 0.05) is 38.1 Å². The van der Waals surface area contributed by atoms with Crippen LogP contribution < -0.4 is 10.6 Å². The molecule has 1 atom stereocenters. The molecule has 28 heavy (non-hydrogen) atoms. The fourth-order valence-corrected chi connectivity index (χ4v) is 3.71. The first-order valence-electron chi connectivity index (χ1n) is 10.0. The summed E-state index contributed by atoms with van der Waals surface area (Å²) >= 11 is 0. The van der Waals surface area contributed by atoms with Gasteiger partial charge in [0.05, 0.1) is 25.1 Å². The van der Waals surface area contributed by atoms with Gasteiger partial charge in [0.15, 0.2) is 5.82 Å². The molecule has 0 aromatic carbocycles. The number of aromatic nitrogens is 3. The number of amides is 2. The molecule has 2 aromatic heterocycles. The smallest absolute Gasteiger partial charge is 0.319 e. The molecule has 2 amide bonds. The SMILES string of the molecule is CCC(CC)C(CNC(=O)Nc1ccc(-n2cccn2)nc1)N1CCOCC1. The highest BCUT2D eigenvalue weighted by Crippen LogP contribution is 2.19. The Hall–Kier alpha value is -2.45. The molecule has 1 aliphatic rings. The van der Waals surface area contributed by atoms with Crippen molar-refractivity contribution < 1.29 is 9.53 Å². The van der Waals surface area contributed by atoms with Crippen molar-refractivity contribution in [3.63, 3.8) is 0 Å². The Morgan fingerprint density at radius 2 is 2.04 bits per heavy atom. The number of anilines is 1. The van der Waals surface area contributed by atoms with Crippen molar-refractivity contribution >= 4 is 11.7 Å². The van der Waals surface area contributed by atoms with Crippen LogP contribution in [0.3, 0.4) is 0 Å². The molecule has 1 fully saturated rings. The van der Waals surface area contributed by atoms with Gasteiger partial charge in [-0.2, -0.15) is 5.10 Å². The third kappa shape index (κ3) is 5.30. The van der Waals surface area contributed by atoms with E-state index in [1.165, 1.54) is 0 Å². The van der Waals surface area contributed by atoms with Crippen molar-refractivity contribution in [3.05, 3.63) is 36.8 Å². The Bertz CT molecular complexity index is 709. The van der Waals surface area contributed by atoms with E-state index in [1.807, 2.05) is 24.4 Å². The number of nitrogens with one attached hydrogen (secondary N) is 2. The number of rotatable bonds is 8. The summed E-state index contributed by atoms with van der Waals surface area (Å²) in [6.45, 7) is 8.42. The quantitative estimate of drug-likeness (QED) is 0.728. The number of ether oxygens (including phenoxy) is 1. The van der Waals surface area contributed by atoms with Gasteiger partial charge in [-0.1, -0.05) is 26.7 Å². The van der Waals surface area contributed by atoms with E-state index in [4.69, 9.17) is 4.74 Å². The van der Waals surface area contributed by atoms with Gasteiger partial charge in [-0.3, -0.25) is 4.90 Å². The summed E-state index contributed by atoms with van der Waals surface area (Å²) in [6, 6.07) is 5.60. The summed E-state index contributed by atoms with van der Waals surface area (Å²) in [5.74, 6) is 1.26. The van der Waals surface area contributed by atoms with E-state index < -0.39 is 0 Å². The lowest BCUT2D eigenvalue weighted by atomic mass is 9.92. The van der Waals surface area contributed by atoms with Crippen LogP contribution in [-0.4, -0.2) is 64.6 Å². The maximum Gasteiger partial charge on any atom is 0.319 e. The molecule has 0 saturated carbocycles. The number of carbonyl (C=O) groups excluding carboxylic acids is 1. The molecular formula is C20H30N6O2.